The minimum atomic E-state index is -0.541. The first-order valence-electron chi connectivity index (χ1n) is 5.86. The minimum Gasteiger partial charge on any atom is -0.368 e. The zero-order valence-electron chi connectivity index (χ0n) is 9.98. The molecule has 1 aromatic carbocycles. The second-order valence-electron chi connectivity index (χ2n) is 4.46. The fraction of sp³-hybridized carbons (Fsp3) is 0.462. The minimum absolute atomic E-state index is 0.231. The van der Waals surface area contributed by atoms with Crippen molar-refractivity contribution in [2.45, 2.75) is 23.3 Å². The lowest BCUT2D eigenvalue weighted by molar-refractivity contribution is -0.124. The van der Waals surface area contributed by atoms with E-state index in [4.69, 9.17) is 5.73 Å². The molecule has 0 aliphatic heterocycles. The molecule has 1 aliphatic carbocycles. The average Bonchev–Trinajstić information content (AvgIpc) is 3.16. The lowest BCUT2D eigenvalue weighted by atomic mass is 9.95. The van der Waals surface area contributed by atoms with Crippen LogP contribution in [0.2, 0.25) is 0 Å². The van der Waals surface area contributed by atoms with Crippen LogP contribution in [0.1, 0.15) is 12.8 Å². The molecule has 1 unspecified atom stereocenters. The molecule has 0 saturated heterocycles. The van der Waals surface area contributed by atoms with Crippen LogP contribution in [-0.4, -0.2) is 24.2 Å². The number of nitrogens with one attached hydrogen (secondary N) is 1. The molecule has 92 valence electrons. The molecule has 1 atom stereocenters. The molecule has 0 spiro atoms. The van der Waals surface area contributed by atoms with Crippen molar-refractivity contribution in [2.75, 3.05) is 12.8 Å². The third kappa shape index (κ3) is 2.64. The number of carbonyl (C=O) groups is 1. The van der Waals surface area contributed by atoms with Gasteiger partial charge in [0.2, 0.25) is 5.91 Å². The molecule has 0 radical (unpaired) electrons. The molecular weight excluding hydrogens is 232 g/mol. The van der Waals surface area contributed by atoms with Crippen LogP contribution >= 0.6 is 11.8 Å². The van der Waals surface area contributed by atoms with Crippen LogP contribution in [0.3, 0.4) is 0 Å². The Kier molecular flexibility index (Phi) is 3.74. The van der Waals surface area contributed by atoms with Crippen LogP contribution in [0.25, 0.3) is 0 Å². The molecule has 17 heavy (non-hydrogen) atoms. The van der Waals surface area contributed by atoms with E-state index < -0.39 is 5.54 Å². The summed E-state index contributed by atoms with van der Waals surface area (Å²) in [6.07, 6.45) is 2.19. The normalized spacial score (nSPS) is 18.6. The van der Waals surface area contributed by atoms with Crippen LogP contribution in [0, 0.1) is 5.92 Å². The Balaban J connectivity index is 2.06. The highest BCUT2D eigenvalue weighted by molar-refractivity contribution is 7.99. The standard InChI is InChI=1S/C13H18N2OS/c1-15-13(12(14)16,10-7-8-10)9-17-11-5-3-2-4-6-11/h2-6,10,15H,7-9H2,1H3,(H2,14,16). The van der Waals surface area contributed by atoms with Gasteiger partial charge in [0, 0.05) is 10.6 Å². The van der Waals surface area contributed by atoms with Gasteiger partial charge < -0.3 is 11.1 Å². The Bertz CT molecular complexity index is 392. The largest absolute Gasteiger partial charge is 0.368 e. The van der Waals surface area contributed by atoms with Gasteiger partial charge >= 0.3 is 0 Å². The van der Waals surface area contributed by atoms with Crippen LogP contribution in [0.5, 0.6) is 0 Å². The highest BCUT2D eigenvalue weighted by atomic mass is 32.2. The molecule has 2 rings (SSSR count). The Hall–Kier alpha value is -1.00. The first-order valence-corrected chi connectivity index (χ1v) is 6.84. The van der Waals surface area contributed by atoms with Gasteiger partial charge in [-0.15, -0.1) is 11.8 Å². The van der Waals surface area contributed by atoms with E-state index in [0.29, 0.717) is 11.7 Å². The lowest BCUT2D eigenvalue weighted by Crippen LogP contribution is -2.57. The number of primary amides is 1. The molecule has 1 amide bonds. The van der Waals surface area contributed by atoms with E-state index in [1.165, 1.54) is 4.90 Å². The molecule has 1 fully saturated rings. The molecule has 0 bridgehead atoms. The molecule has 0 aromatic heterocycles. The SMILES string of the molecule is CNC(CSc1ccccc1)(C(N)=O)C1CC1. The number of thioether (sulfide) groups is 1. The van der Waals surface area contributed by atoms with Gasteiger partial charge in [-0.2, -0.15) is 0 Å². The molecule has 1 saturated carbocycles. The van der Waals surface area contributed by atoms with Crippen molar-refractivity contribution in [3.8, 4) is 0 Å². The number of amides is 1. The maximum absolute atomic E-state index is 11.7. The number of benzene rings is 1. The fourth-order valence-corrected chi connectivity index (χ4v) is 3.35. The van der Waals surface area contributed by atoms with Crippen molar-refractivity contribution in [1.29, 1.82) is 0 Å². The lowest BCUT2D eigenvalue weighted by Gasteiger charge is -2.30. The Labute approximate surface area is 106 Å². The number of nitrogens with two attached hydrogens (primary N) is 1. The molecule has 1 aromatic rings. The molecule has 4 heteroatoms. The van der Waals surface area contributed by atoms with Crippen LogP contribution in [0.15, 0.2) is 35.2 Å². The highest BCUT2D eigenvalue weighted by Gasteiger charge is 2.48. The van der Waals surface area contributed by atoms with Crippen molar-refractivity contribution in [2.24, 2.45) is 11.7 Å². The average molecular weight is 250 g/mol. The topological polar surface area (TPSA) is 55.1 Å². The van der Waals surface area contributed by atoms with Crippen molar-refractivity contribution in [3.05, 3.63) is 30.3 Å². The molecule has 1 aliphatic rings. The summed E-state index contributed by atoms with van der Waals surface area (Å²) in [5.74, 6) is 0.875. The van der Waals surface area contributed by atoms with Crippen LogP contribution in [0.4, 0.5) is 0 Å². The number of rotatable bonds is 6. The van der Waals surface area contributed by atoms with Crippen LogP contribution < -0.4 is 11.1 Å². The number of hydrogen-bond donors (Lipinski definition) is 2. The predicted octanol–water partition coefficient (Wildman–Crippen LogP) is 1.63. The molecule has 3 nitrogen and oxygen atoms in total. The summed E-state index contributed by atoms with van der Waals surface area (Å²) in [6.45, 7) is 0. The third-order valence-electron chi connectivity index (χ3n) is 3.37. The van der Waals surface area contributed by atoms with E-state index in [1.807, 2.05) is 25.2 Å². The van der Waals surface area contributed by atoms with Crippen molar-refractivity contribution < 1.29 is 4.79 Å². The van der Waals surface area contributed by atoms with Gasteiger partial charge in [-0.3, -0.25) is 4.79 Å². The summed E-state index contributed by atoms with van der Waals surface area (Å²) in [5.41, 5.74) is 5.03. The summed E-state index contributed by atoms with van der Waals surface area (Å²) in [4.78, 5) is 12.9. The summed E-state index contributed by atoms with van der Waals surface area (Å²) in [5, 5.41) is 3.15. The van der Waals surface area contributed by atoms with Gasteiger partial charge in [0.15, 0.2) is 0 Å². The van der Waals surface area contributed by atoms with Crippen LogP contribution in [-0.2, 0) is 4.79 Å². The van der Waals surface area contributed by atoms with Gasteiger partial charge in [0.05, 0.1) is 0 Å². The van der Waals surface area contributed by atoms with Gasteiger partial charge in [-0.05, 0) is 37.9 Å². The van der Waals surface area contributed by atoms with E-state index in [-0.39, 0.29) is 5.91 Å². The zero-order valence-corrected chi connectivity index (χ0v) is 10.8. The molecule has 3 N–H and O–H groups in total. The Morgan fingerprint density at radius 1 is 1.47 bits per heavy atom. The first kappa shape index (κ1) is 12.5. The summed E-state index contributed by atoms with van der Waals surface area (Å²) in [7, 11) is 1.83. The summed E-state index contributed by atoms with van der Waals surface area (Å²) in [6, 6.07) is 10.1. The molecular formula is C13H18N2OS. The van der Waals surface area contributed by atoms with Gasteiger partial charge in [0.25, 0.3) is 0 Å². The van der Waals surface area contributed by atoms with E-state index in [0.717, 1.165) is 12.8 Å². The zero-order chi connectivity index (χ0) is 12.3. The predicted molar refractivity (Wildman–Crippen MR) is 70.9 cm³/mol. The van der Waals surface area contributed by atoms with Crippen molar-refractivity contribution in [1.82, 2.24) is 5.32 Å². The monoisotopic (exact) mass is 250 g/mol. The number of hydrogen-bond acceptors (Lipinski definition) is 3. The van der Waals surface area contributed by atoms with Gasteiger partial charge in [-0.25, -0.2) is 0 Å². The van der Waals surface area contributed by atoms with E-state index >= 15 is 0 Å². The molecule has 0 heterocycles. The van der Waals surface area contributed by atoms with E-state index in [1.54, 1.807) is 11.8 Å². The van der Waals surface area contributed by atoms with Crippen molar-refractivity contribution >= 4 is 17.7 Å². The second-order valence-corrected chi connectivity index (χ2v) is 5.51. The van der Waals surface area contributed by atoms with Gasteiger partial charge in [0.1, 0.15) is 5.54 Å². The first-order chi connectivity index (χ1) is 8.19. The second kappa shape index (κ2) is 5.10. The van der Waals surface area contributed by atoms with Crippen molar-refractivity contribution in [3.63, 3.8) is 0 Å². The quantitative estimate of drug-likeness (QED) is 0.755. The number of likely N-dealkylation sites (N-methyl/N-ethyl adjacent to an activating group) is 1. The number of carbonyl (C=O) groups excluding carboxylic acids is 1. The highest BCUT2D eigenvalue weighted by Crippen LogP contribution is 2.42. The van der Waals surface area contributed by atoms with Gasteiger partial charge in [-0.1, -0.05) is 18.2 Å². The summed E-state index contributed by atoms with van der Waals surface area (Å²) >= 11 is 1.69. The summed E-state index contributed by atoms with van der Waals surface area (Å²) < 4.78 is 0. The fourth-order valence-electron chi connectivity index (χ4n) is 2.08. The third-order valence-corrected chi connectivity index (χ3v) is 4.57. The Morgan fingerprint density at radius 3 is 2.59 bits per heavy atom. The maximum atomic E-state index is 11.7. The van der Waals surface area contributed by atoms with E-state index in [2.05, 4.69) is 17.4 Å². The Morgan fingerprint density at radius 2 is 2.12 bits per heavy atom. The smallest absolute Gasteiger partial charge is 0.238 e. The van der Waals surface area contributed by atoms with E-state index in [9.17, 15) is 4.79 Å². The maximum Gasteiger partial charge on any atom is 0.238 e.